The van der Waals surface area contributed by atoms with Gasteiger partial charge in [0.1, 0.15) is 11.9 Å². The van der Waals surface area contributed by atoms with Crippen LogP contribution in [0.15, 0.2) is 30.6 Å². The first-order valence-corrected chi connectivity index (χ1v) is 7.10. The van der Waals surface area contributed by atoms with Gasteiger partial charge in [0.25, 0.3) is 0 Å². The van der Waals surface area contributed by atoms with Gasteiger partial charge in [-0.3, -0.25) is 4.68 Å². The van der Waals surface area contributed by atoms with Gasteiger partial charge >= 0.3 is 0 Å². The number of aliphatic hydroxyl groups excluding tert-OH is 1. The normalized spacial score (nSPS) is 21.6. The second-order valence-corrected chi connectivity index (χ2v) is 5.82. The number of aromatic nitrogens is 2. The molecule has 2 aromatic rings. The predicted octanol–water partition coefficient (Wildman–Crippen LogP) is 3.67. The van der Waals surface area contributed by atoms with Crippen molar-refractivity contribution in [2.75, 3.05) is 0 Å². The molecule has 0 radical (unpaired) electrons. The molecule has 1 aliphatic heterocycles. The van der Waals surface area contributed by atoms with Crippen LogP contribution in [0.3, 0.4) is 0 Å². The van der Waals surface area contributed by atoms with E-state index in [1.807, 2.05) is 10.9 Å². The Balaban J connectivity index is 1.88. The van der Waals surface area contributed by atoms with E-state index in [0.29, 0.717) is 23.2 Å². The number of aliphatic hydroxyl groups is 1. The Hall–Kier alpha value is -1.52. The highest BCUT2D eigenvalue weighted by molar-refractivity contribution is 6.30. The first-order chi connectivity index (χ1) is 9.54. The molecule has 0 fully saturated rings. The van der Waals surface area contributed by atoms with E-state index in [0.717, 1.165) is 11.1 Å². The second-order valence-electron chi connectivity index (χ2n) is 5.39. The van der Waals surface area contributed by atoms with Gasteiger partial charge in [0.05, 0.1) is 12.3 Å². The van der Waals surface area contributed by atoms with Crippen molar-refractivity contribution in [3.8, 4) is 5.75 Å². The Morgan fingerprint density at radius 1 is 1.45 bits per heavy atom. The molecule has 5 heteroatoms. The van der Waals surface area contributed by atoms with Gasteiger partial charge in [-0.15, -0.1) is 0 Å². The molecule has 0 spiro atoms. The van der Waals surface area contributed by atoms with Crippen LogP contribution < -0.4 is 4.74 Å². The summed E-state index contributed by atoms with van der Waals surface area (Å²) >= 11 is 5.95. The first-order valence-electron chi connectivity index (χ1n) is 6.73. The van der Waals surface area contributed by atoms with Crippen LogP contribution in [0.2, 0.25) is 5.02 Å². The van der Waals surface area contributed by atoms with E-state index in [4.69, 9.17) is 16.3 Å². The lowest BCUT2D eigenvalue weighted by Crippen LogP contribution is -2.18. The number of nitrogens with zero attached hydrogens (tertiary/aromatic N) is 2. The van der Waals surface area contributed by atoms with Gasteiger partial charge in [-0.2, -0.15) is 5.10 Å². The van der Waals surface area contributed by atoms with E-state index in [1.54, 1.807) is 24.4 Å². The van der Waals surface area contributed by atoms with Crippen LogP contribution in [-0.4, -0.2) is 14.9 Å². The Labute approximate surface area is 122 Å². The van der Waals surface area contributed by atoms with E-state index >= 15 is 0 Å². The van der Waals surface area contributed by atoms with Crippen LogP contribution in [-0.2, 0) is 0 Å². The van der Waals surface area contributed by atoms with Gasteiger partial charge in [0.15, 0.2) is 0 Å². The minimum Gasteiger partial charge on any atom is -0.485 e. The molecule has 20 heavy (non-hydrogen) atoms. The summed E-state index contributed by atoms with van der Waals surface area (Å²) in [6.45, 7) is 4.15. The quantitative estimate of drug-likeness (QED) is 0.918. The topological polar surface area (TPSA) is 47.3 Å². The van der Waals surface area contributed by atoms with Crippen LogP contribution in [0.4, 0.5) is 0 Å². The van der Waals surface area contributed by atoms with Gasteiger partial charge in [0, 0.05) is 34.8 Å². The van der Waals surface area contributed by atoms with E-state index in [1.165, 1.54) is 0 Å². The smallest absolute Gasteiger partial charge is 0.130 e. The van der Waals surface area contributed by atoms with Crippen molar-refractivity contribution in [2.24, 2.45) is 0 Å². The maximum Gasteiger partial charge on any atom is 0.130 e. The predicted molar refractivity (Wildman–Crippen MR) is 77.0 cm³/mol. The molecule has 3 rings (SSSR count). The monoisotopic (exact) mass is 292 g/mol. The molecule has 0 aliphatic carbocycles. The lowest BCUT2D eigenvalue weighted by Gasteiger charge is -2.29. The van der Waals surface area contributed by atoms with Crippen LogP contribution in [0, 0.1) is 0 Å². The summed E-state index contributed by atoms with van der Waals surface area (Å²) in [5, 5.41) is 15.2. The number of rotatable bonds is 2. The summed E-state index contributed by atoms with van der Waals surface area (Å²) in [6, 6.07) is 5.64. The largest absolute Gasteiger partial charge is 0.485 e. The number of halogens is 1. The van der Waals surface area contributed by atoms with E-state index in [-0.39, 0.29) is 6.10 Å². The highest BCUT2D eigenvalue weighted by Crippen LogP contribution is 2.41. The van der Waals surface area contributed by atoms with Gasteiger partial charge < -0.3 is 9.84 Å². The number of fused-ring (bicyclic) bond motifs is 1. The maximum absolute atomic E-state index is 10.3. The number of ether oxygens (including phenoxy) is 1. The van der Waals surface area contributed by atoms with Crippen LogP contribution in [0.5, 0.6) is 5.75 Å². The summed E-state index contributed by atoms with van der Waals surface area (Å²) < 4.78 is 7.86. The minimum atomic E-state index is -0.565. The summed E-state index contributed by atoms with van der Waals surface area (Å²) in [6.07, 6.45) is 3.55. The van der Waals surface area contributed by atoms with Crippen LogP contribution in [0.1, 0.15) is 49.6 Å². The summed E-state index contributed by atoms with van der Waals surface area (Å²) in [4.78, 5) is 0. The van der Waals surface area contributed by atoms with Crippen molar-refractivity contribution >= 4 is 11.6 Å². The zero-order valence-electron chi connectivity index (χ0n) is 11.5. The Morgan fingerprint density at radius 3 is 2.95 bits per heavy atom. The van der Waals surface area contributed by atoms with E-state index in [2.05, 4.69) is 18.9 Å². The fourth-order valence-corrected chi connectivity index (χ4v) is 2.60. The lowest BCUT2D eigenvalue weighted by atomic mass is 9.96. The second kappa shape index (κ2) is 5.11. The third-order valence-corrected chi connectivity index (χ3v) is 3.79. The molecular weight excluding hydrogens is 276 g/mol. The van der Waals surface area contributed by atoms with Crippen molar-refractivity contribution in [3.05, 3.63) is 46.7 Å². The third-order valence-electron chi connectivity index (χ3n) is 3.56. The number of benzene rings is 1. The van der Waals surface area contributed by atoms with Gasteiger partial charge in [-0.05, 0) is 32.0 Å². The Morgan fingerprint density at radius 2 is 2.25 bits per heavy atom. The van der Waals surface area contributed by atoms with Gasteiger partial charge in [0.2, 0.25) is 0 Å². The molecule has 1 unspecified atom stereocenters. The van der Waals surface area contributed by atoms with E-state index in [9.17, 15) is 5.11 Å². The molecule has 0 bridgehead atoms. The van der Waals surface area contributed by atoms with Crippen LogP contribution in [0.25, 0.3) is 0 Å². The SMILES string of the molecule is CC(C)n1cc(C2C[C@H](O)c3cc(Cl)ccc3O2)cn1. The fourth-order valence-electron chi connectivity index (χ4n) is 2.42. The minimum absolute atomic E-state index is 0.175. The molecule has 1 aliphatic rings. The summed E-state index contributed by atoms with van der Waals surface area (Å²) in [7, 11) is 0. The lowest BCUT2D eigenvalue weighted by molar-refractivity contribution is 0.0657. The average molecular weight is 293 g/mol. The van der Waals surface area contributed by atoms with Crippen molar-refractivity contribution in [1.29, 1.82) is 0 Å². The molecule has 4 nitrogen and oxygen atoms in total. The van der Waals surface area contributed by atoms with E-state index < -0.39 is 6.10 Å². The number of hydrogen-bond acceptors (Lipinski definition) is 3. The average Bonchev–Trinajstić information content (AvgIpc) is 2.89. The Kier molecular flexibility index (Phi) is 3.44. The molecule has 1 aromatic heterocycles. The molecule has 2 heterocycles. The zero-order chi connectivity index (χ0) is 14.3. The molecule has 1 aromatic carbocycles. The molecular formula is C15H17ClN2O2. The highest BCUT2D eigenvalue weighted by atomic mass is 35.5. The van der Waals surface area contributed by atoms with Crippen molar-refractivity contribution in [3.63, 3.8) is 0 Å². The number of hydrogen-bond donors (Lipinski definition) is 1. The molecule has 2 atom stereocenters. The Bertz CT molecular complexity index is 624. The first kappa shape index (κ1) is 13.5. The molecule has 0 saturated heterocycles. The van der Waals surface area contributed by atoms with Crippen molar-refractivity contribution in [1.82, 2.24) is 9.78 Å². The van der Waals surface area contributed by atoms with Crippen molar-refractivity contribution in [2.45, 2.75) is 38.5 Å². The molecule has 0 saturated carbocycles. The summed E-state index contributed by atoms with van der Waals surface area (Å²) in [5.41, 5.74) is 1.74. The fraction of sp³-hybridized carbons (Fsp3) is 0.400. The third kappa shape index (κ3) is 2.41. The maximum atomic E-state index is 10.3. The zero-order valence-corrected chi connectivity index (χ0v) is 12.2. The standard InChI is InChI=1S/C15H17ClN2O2/c1-9(2)18-8-10(7-17-18)15-6-13(19)12-5-11(16)3-4-14(12)20-15/h3-5,7-9,13,15,19H,6H2,1-2H3/t13-,15?/m0/s1. The molecule has 1 N–H and O–H groups in total. The van der Waals surface area contributed by atoms with Gasteiger partial charge in [-0.25, -0.2) is 0 Å². The molecule has 106 valence electrons. The van der Waals surface area contributed by atoms with Gasteiger partial charge in [-0.1, -0.05) is 11.6 Å². The molecule has 0 amide bonds. The highest BCUT2D eigenvalue weighted by Gasteiger charge is 2.29. The summed E-state index contributed by atoms with van der Waals surface area (Å²) in [5.74, 6) is 0.690. The van der Waals surface area contributed by atoms with Crippen LogP contribution >= 0.6 is 11.6 Å². The van der Waals surface area contributed by atoms with Crippen molar-refractivity contribution < 1.29 is 9.84 Å².